The van der Waals surface area contributed by atoms with Crippen LogP contribution in [0.25, 0.3) is 0 Å². The topological polar surface area (TPSA) is 106 Å². The van der Waals surface area contributed by atoms with Crippen LogP contribution in [0.5, 0.6) is 0 Å². The fraction of sp³-hybridized carbons (Fsp3) is 0.143. The van der Waals surface area contributed by atoms with Gasteiger partial charge >= 0.3 is 0 Å². The predicted molar refractivity (Wildman–Crippen MR) is 114 cm³/mol. The van der Waals surface area contributed by atoms with E-state index in [1.165, 1.54) is 28.6 Å². The van der Waals surface area contributed by atoms with Crippen LogP contribution in [-0.2, 0) is 23.1 Å². The molecular formula is C21H20N4O4S. The van der Waals surface area contributed by atoms with Gasteiger partial charge in [-0.2, -0.15) is 4.31 Å². The lowest BCUT2D eigenvalue weighted by Crippen LogP contribution is -2.30. The van der Waals surface area contributed by atoms with E-state index in [0.717, 1.165) is 5.56 Å². The quantitative estimate of drug-likeness (QED) is 0.313. The van der Waals surface area contributed by atoms with Crippen molar-refractivity contribution < 1.29 is 13.3 Å². The van der Waals surface area contributed by atoms with Crippen LogP contribution in [0.1, 0.15) is 16.8 Å². The Kier molecular flexibility index (Phi) is 6.65. The van der Waals surface area contributed by atoms with Gasteiger partial charge in [0.1, 0.15) is 0 Å². The van der Waals surface area contributed by atoms with Gasteiger partial charge < -0.3 is 0 Å². The van der Waals surface area contributed by atoms with Crippen LogP contribution < -0.4 is 0 Å². The number of sulfonamides is 1. The van der Waals surface area contributed by atoms with E-state index in [1.54, 1.807) is 61.9 Å². The van der Waals surface area contributed by atoms with E-state index in [1.807, 2.05) is 0 Å². The normalized spacial score (nSPS) is 11.8. The van der Waals surface area contributed by atoms with Gasteiger partial charge in [0.05, 0.1) is 22.1 Å². The van der Waals surface area contributed by atoms with Crippen molar-refractivity contribution in [2.45, 2.75) is 18.0 Å². The number of pyridine rings is 1. The number of nitrogens with zero attached hydrogens (tertiary/aromatic N) is 4. The molecule has 0 N–H and O–H groups in total. The van der Waals surface area contributed by atoms with Crippen LogP contribution in [0.4, 0.5) is 5.69 Å². The molecule has 0 radical (unpaired) electrons. The Morgan fingerprint density at radius 2 is 1.73 bits per heavy atom. The van der Waals surface area contributed by atoms with Crippen LogP contribution >= 0.6 is 0 Å². The first-order valence-corrected chi connectivity index (χ1v) is 10.5. The van der Waals surface area contributed by atoms with E-state index in [0.29, 0.717) is 11.3 Å². The Morgan fingerprint density at radius 3 is 2.30 bits per heavy atom. The van der Waals surface area contributed by atoms with E-state index in [2.05, 4.69) is 9.98 Å². The zero-order chi connectivity index (χ0) is 21.6. The zero-order valence-corrected chi connectivity index (χ0v) is 17.1. The highest BCUT2D eigenvalue weighted by Crippen LogP contribution is 2.22. The third kappa shape index (κ3) is 5.13. The Hall–Kier alpha value is -3.43. The minimum Gasteiger partial charge on any atom is -0.296 e. The smallest absolute Gasteiger partial charge is 0.269 e. The minimum atomic E-state index is -3.84. The van der Waals surface area contributed by atoms with E-state index in [4.69, 9.17) is 0 Å². The molecule has 0 aliphatic rings. The summed E-state index contributed by atoms with van der Waals surface area (Å²) in [5.74, 6) is 0. The molecule has 1 heterocycles. The Labute approximate surface area is 174 Å². The van der Waals surface area contributed by atoms with Crippen molar-refractivity contribution in [1.82, 2.24) is 9.29 Å². The molecule has 0 saturated carbocycles. The number of hydrogen-bond acceptors (Lipinski definition) is 6. The number of nitro groups is 1. The second-order valence-electron chi connectivity index (χ2n) is 6.47. The summed E-state index contributed by atoms with van der Waals surface area (Å²) in [5.41, 5.74) is 1.97. The number of non-ortho nitro benzene ring substituents is 1. The third-order valence-electron chi connectivity index (χ3n) is 4.37. The van der Waals surface area contributed by atoms with Crippen molar-refractivity contribution in [2.75, 3.05) is 7.05 Å². The molecule has 0 atom stereocenters. The Morgan fingerprint density at radius 1 is 1.03 bits per heavy atom. The molecule has 8 nitrogen and oxygen atoms in total. The maximum atomic E-state index is 13.3. The summed E-state index contributed by atoms with van der Waals surface area (Å²) in [6.07, 6.45) is 3.24. The summed E-state index contributed by atoms with van der Waals surface area (Å²) in [7, 11) is -2.20. The molecular weight excluding hydrogens is 404 g/mol. The maximum absolute atomic E-state index is 13.3. The van der Waals surface area contributed by atoms with E-state index < -0.39 is 14.9 Å². The molecule has 0 amide bonds. The molecule has 0 aliphatic heterocycles. The highest BCUT2D eigenvalue weighted by Gasteiger charge is 2.25. The van der Waals surface area contributed by atoms with Gasteiger partial charge in [-0.1, -0.05) is 30.3 Å². The average molecular weight is 424 g/mol. The second-order valence-corrected chi connectivity index (χ2v) is 8.41. The number of rotatable bonds is 8. The van der Waals surface area contributed by atoms with Gasteiger partial charge in [0, 0.05) is 38.1 Å². The van der Waals surface area contributed by atoms with Crippen molar-refractivity contribution in [3.63, 3.8) is 0 Å². The summed E-state index contributed by atoms with van der Waals surface area (Å²) in [4.78, 5) is 18.7. The van der Waals surface area contributed by atoms with Crippen molar-refractivity contribution in [3.05, 3.63) is 99.9 Å². The predicted octanol–water partition coefficient (Wildman–Crippen LogP) is 3.43. The SMILES string of the molecule is CN=Cc1ccc(S(=O)(=O)N(Cc2ccc([N+](=O)[O-])cc2)Cc2ccccn2)cc1. The van der Waals surface area contributed by atoms with Crippen molar-refractivity contribution >= 4 is 21.9 Å². The molecule has 9 heteroatoms. The van der Waals surface area contributed by atoms with Gasteiger partial charge in [-0.3, -0.25) is 20.1 Å². The zero-order valence-electron chi connectivity index (χ0n) is 16.2. The first-order chi connectivity index (χ1) is 14.4. The highest BCUT2D eigenvalue weighted by molar-refractivity contribution is 7.89. The van der Waals surface area contributed by atoms with Crippen LogP contribution in [0.2, 0.25) is 0 Å². The summed E-state index contributed by atoms with van der Waals surface area (Å²) in [5, 5.41) is 10.9. The minimum absolute atomic E-state index is 0.0499. The lowest BCUT2D eigenvalue weighted by atomic mass is 10.2. The number of benzene rings is 2. The standard InChI is InChI=1S/C21H20N4O4S/c1-22-14-17-7-11-21(12-8-17)30(28,29)24(16-19-4-2-3-13-23-19)15-18-5-9-20(10-6-18)25(26)27/h2-14H,15-16H2,1H3. The van der Waals surface area contributed by atoms with Gasteiger partial charge in [-0.15, -0.1) is 0 Å². The van der Waals surface area contributed by atoms with Gasteiger partial charge in [0.15, 0.2) is 0 Å². The van der Waals surface area contributed by atoms with Crippen LogP contribution in [0.3, 0.4) is 0 Å². The molecule has 0 fully saturated rings. The van der Waals surface area contributed by atoms with Gasteiger partial charge in [0.2, 0.25) is 10.0 Å². The first-order valence-electron chi connectivity index (χ1n) is 9.06. The molecule has 154 valence electrons. The van der Waals surface area contributed by atoms with E-state index >= 15 is 0 Å². The van der Waals surface area contributed by atoms with E-state index in [9.17, 15) is 18.5 Å². The summed E-state index contributed by atoms with van der Waals surface area (Å²) < 4.78 is 28.0. The highest BCUT2D eigenvalue weighted by atomic mass is 32.2. The van der Waals surface area contributed by atoms with Crippen molar-refractivity contribution in [2.24, 2.45) is 4.99 Å². The number of nitro benzene ring substituents is 1. The molecule has 0 unspecified atom stereocenters. The lowest BCUT2D eigenvalue weighted by Gasteiger charge is -2.22. The van der Waals surface area contributed by atoms with E-state index in [-0.39, 0.29) is 23.7 Å². The Bertz CT molecular complexity index is 1130. The molecule has 3 aromatic rings. The fourth-order valence-electron chi connectivity index (χ4n) is 2.85. The lowest BCUT2D eigenvalue weighted by molar-refractivity contribution is -0.384. The molecule has 0 saturated heterocycles. The molecule has 0 aliphatic carbocycles. The van der Waals surface area contributed by atoms with Crippen LogP contribution in [0.15, 0.2) is 82.8 Å². The molecule has 0 bridgehead atoms. The summed E-state index contributed by atoms with van der Waals surface area (Å²) in [6, 6.07) is 17.6. The first kappa shape index (κ1) is 21.3. The van der Waals surface area contributed by atoms with Gasteiger partial charge in [-0.05, 0) is 35.4 Å². The van der Waals surface area contributed by atoms with Crippen molar-refractivity contribution in [1.29, 1.82) is 0 Å². The molecule has 30 heavy (non-hydrogen) atoms. The van der Waals surface area contributed by atoms with Crippen molar-refractivity contribution in [3.8, 4) is 0 Å². The molecule has 1 aromatic heterocycles. The summed E-state index contributed by atoms with van der Waals surface area (Å²) >= 11 is 0. The fourth-order valence-corrected chi connectivity index (χ4v) is 4.25. The third-order valence-corrected chi connectivity index (χ3v) is 6.17. The summed E-state index contributed by atoms with van der Waals surface area (Å²) in [6.45, 7) is 0.118. The average Bonchev–Trinajstić information content (AvgIpc) is 2.75. The number of hydrogen-bond donors (Lipinski definition) is 0. The maximum Gasteiger partial charge on any atom is 0.269 e. The number of aromatic nitrogens is 1. The largest absolute Gasteiger partial charge is 0.296 e. The molecule has 0 spiro atoms. The molecule has 3 rings (SSSR count). The second kappa shape index (κ2) is 9.38. The van der Waals surface area contributed by atoms with Crippen LogP contribution in [-0.4, -0.2) is 35.9 Å². The van der Waals surface area contributed by atoms with Crippen LogP contribution in [0, 0.1) is 10.1 Å². The monoisotopic (exact) mass is 424 g/mol. The van der Waals surface area contributed by atoms with Gasteiger partial charge in [-0.25, -0.2) is 8.42 Å². The Balaban J connectivity index is 1.94. The number of aliphatic imine (C=N–C) groups is 1. The molecule has 2 aromatic carbocycles. The van der Waals surface area contributed by atoms with Gasteiger partial charge in [0.25, 0.3) is 5.69 Å².